The highest BCUT2D eigenvalue weighted by Crippen LogP contribution is 2.31. The van der Waals surface area contributed by atoms with Crippen LogP contribution in [0.4, 0.5) is 0 Å². The lowest BCUT2D eigenvalue weighted by molar-refractivity contribution is 0.0636. The number of nitrogens with one attached hydrogen (secondary N) is 1. The highest BCUT2D eigenvalue weighted by molar-refractivity contribution is 5.97. The summed E-state index contributed by atoms with van der Waals surface area (Å²) in [5, 5.41) is 19.9. The molecule has 1 aromatic carbocycles. The van der Waals surface area contributed by atoms with Crippen LogP contribution in [0, 0.1) is 0 Å². The first-order valence-corrected chi connectivity index (χ1v) is 4.97. The number of hydrogen-bond acceptors (Lipinski definition) is 2. The van der Waals surface area contributed by atoms with Gasteiger partial charge in [0.2, 0.25) is 0 Å². The molecule has 0 spiro atoms. The summed E-state index contributed by atoms with van der Waals surface area (Å²) in [7, 11) is 0. The largest absolute Gasteiger partial charge is 0.478 e. The van der Waals surface area contributed by atoms with Crippen LogP contribution < -0.4 is 0 Å². The maximum atomic E-state index is 11.1. The molecule has 4 heteroatoms. The van der Waals surface area contributed by atoms with Gasteiger partial charge in [-0.15, -0.1) is 0 Å². The molecule has 1 aromatic heterocycles. The summed E-state index contributed by atoms with van der Waals surface area (Å²) in [6.07, 6.45) is 1.73. The van der Waals surface area contributed by atoms with E-state index in [4.69, 9.17) is 5.11 Å². The van der Waals surface area contributed by atoms with Crippen molar-refractivity contribution < 1.29 is 15.0 Å². The van der Waals surface area contributed by atoms with Crippen molar-refractivity contribution >= 4 is 16.9 Å². The van der Waals surface area contributed by atoms with Crippen LogP contribution in [-0.4, -0.2) is 21.2 Å². The molecule has 0 fully saturated rings. The summed E-state index contributed by atoms with van der Waals surface area (Å²) in [5.41, 5.74) is 0.218. The topological polar surface area (TPSA) is 73.3 Å². The molecular weight excluding hydrogens is 206 g/mol. The van der Waals surface area contributed by atoms with Gasteiger partial charge in [-0.2, -0.15) is 0 Å². The summed E-state index contributed by atoms with van der Waals surface area (Å²) < 4.78 is 0. The number of carboxylic acids is 1. The second-order valence-corrected chi connectivity index (χ2v) is 4.29. The van der Waals surface area contributed by atoms with Crippen molar-refractivity contribution in [2.24, 2.45) is 0 Å². The van der Waals surface area contributed by atoms with Crippen LogP contribution in [0.5, 0.6) is 0 Å². The molecule has 84 valence electrons. The maximum absolute atomic E-state index is 11.1. The van der Waals surface area contributed by atoms with Gasteiger partial charge >= 0.3 is 5.97 Å². The Labute approximate surface area is 92.5 Å². The van der Waals surface area contributed by atoms with E-state index in [-0.39, 0.29) is 5.56 Å². The minimum absolute atomic E-state index is 0.139. The van der Waals surface area contributed by atoms with Crippen LogP contribution in [0.25, 0.3) is 10.9 Å². The number of aromatic amines is 1. The summed E-state index contributed by atoms with van der Waals surface area (Å²) in [4.78, 5) is 14.1. The number of benzene rings is 1. The van der Waals surface area contributed by atoms with E-state index in [9.17, 15) is 9.90 Å². The van der Waals surface area contributed by atoms with E-state index in [1.54, 1.807) is 32.2 Å². The zero-order chi connectivity index (χ0) is 11.9. The van der Waals surface area contributed by atoms with Crippen LogP contribution in [0.15, 0.2) is 24.4 Å². The van der Waals surface area contributed by atoms with E-state index in [0.717, 1.165) is 10.9 Å². The van der Waals surface area contributed by atoms with Gasteiger partial charge in [0, 0.05) is 22.7 Å². The fourth-order valence-corrected chi connectivity index (χ4v) is 1.97. The Bertz CT molecular complexity index is 549. The monoisotopic (exact) mass is 219 g/mol. The van der Waals surface area contributed by atoms with Crippen LogP contribution in [0.3, 0.4) is 0 Å². The van der Waals surface area contributed by atoms with Crippen LogP contribution in [0.1, 0.15) is 29.8 Å². The fourth-order valence-electron chi connectivity index (χ4n) is 1.97. The quantitative estimate of drug-likeness (QED) is 0.724. The van der Waals surface area contributed by atoms with Gasteiger partial charge in [0.25, 0.3) is 0 Å². The van der Waals surface area contributed by atoms with Gasteiger partial charge in [0.05, 0.1) is 11.2 Å². The van der Waals surface area contributed by atoms with Crippen LogP contribution in [-0.2, 0) is 5.60 Å². The summed E-state index contributed by atoms with van der Waals surface area (Å²) >= 11 is 0. The Hall–Kier alpha value is -1.81. The predicted octanol–water partition coefficient (Wildman–Crippen LogP) is 2.09. The van der Waals surface area contributed by atoms with E-state index in [1.165, 1.54) is 6.07 Å². The molecule has 0 unspecified atom stereocenters. The molecule has 0 amide bonds. The highest BCUT2D eigenvalue weighted by atomic mass is 16.4. The first-order valence-electron chi connectivity index (χ1n) is 4.97. The van der Waals surface area contributed by atoms with Crippen molar-refractivity contribution in [1.29, 1.82) is 0 Å². The molecule has 2 rings (SSSR count). The second kappa shape index (κ2) is 3.35. The number of fused-ring (bicyclic) bond motifs is 1. The Morgan fingerprint density at radius 2 is 2.00 bits per heavy atom. The molecule has 0 aliphatic rings. The van der Waals surface area contributed by atoms with Crippen molar-refractivity contribution in [3.8, 4) is 0 Å². The standard InChI is InChI=1S/C12H13NO3/c1-12(2,16)10-7-5-6-13-9(7)4-3-8(10)11(14)15/h3-6,13,16H,1-2H3,(H,14,15). The third-order valence-electron chi connectivity index (χ3n) is 2.58. The third-order valence-corrected chi connectivity index (χ3v) is 2.58. The molecule has 2 aromatic rings. The molecule has 0 aliphatic carbocycles. The SMILES string of the molecule is CC(C)(O)c1c(C(=O)O)ccc2[nH]ccc12. The number of aromatic carboxylic acids is 1. The van der Waals surface area contributed by atoms with Crippen molar-refractivity contribution in [2.45, 2.75) is 19.4 Å². The normalized spacial score (nSPS) is 11.9. The second-order valence-electron chi connectivity index (χ2n) is 4.29. The Kier molecular flexibility index (Phi) is 2.24. The van der Waals surface area contributed by atoms with Crippen LogP contribution in [0.2, 0.25) is 0 Å². The number of rotatable bonds is 2. The maximum Gasteiger partial charge on any atom is 0.336 e. The van der Waals surface area contributed by atoms with Gasteiger partial charge in [-0.3, -0.25) is 0 Å². The van der Waals surface area contributed by atoms with Crippen molar-refractivity contribution in [1.82, 2.24) is 4.98 Å². The third kappa shape index (κ3) is 1.57. The minimum atomic E-state index is -1.19. The number of carboxylic acid groups (broad SMARTS) is 1. The van der Waals surface area contributed by atoms with E-state index >= 15 is 0 Å². The predicted molar refractivity (Wildman–Crippen MR) is 60.5 cm³/mol. The average Bonchev–Trinajstić information content (AvgIpc) is 2.61. The Morgan fingerprint density at radius 1 is 1.31 bits per heavy atom. The summed E-state index contributed by atoms with van der Waals surface area (Å²) in [6.45, 7) is 3.17. The number of carbonyl (C=O) groups is 1. The van der Waals surface area contributed by atoms with E-state index in [0.29, 0.717) is 5.56 Å². The lowest BCUT2D eigenvalue weighted by Crippen LogP contribution is -2.20. The lowest BCUT2D eigenvalue weighted by Gasteiger charge is -2.21. The smallest absolute Gasteiger partial charge is 0.336 e. The van der Waals surface area contributed by atoms with Gasteiger partial charge in [-0.1, -0.05) is 0 Å². The molecular formula is C12H13NO3. The zero-order valence-corrected chi connectivity index (χ0v) is 9.11. The molecule has 1 heterocycles. The Balaban J connectivity index is 2.86. The molecule has 0 saturated carbocycles. The first-order chi connectivity index (χ1) is 7.41. The van der Waals surface area contributed by atoms with Gasteiger partial charge in [0.15, 0.2) is 0 Å². The molecule has 16 heavy (non-hydrogen) atoms. The lowest BCUT2D eigenvalue weighted by atomic mass is 9.90. The van der Waals surface area contributed by atoms with Gasteiger partial charge in [-0.05, 0) is 32.0 Å². The zero-order valence-electron chi connectivity index (χ0n) is 9.11. The molecule has 0 saturated heterocycles. The molecule has 0 atom stereocenters. The molecule has 4 nitrogen and oxygen atoms in total. The van der Waals surface area contributed by atoms with E-state index in [1.807, 2.05) is 0 Å². The summed E-state index contributed by atoms with van der Waals surface area (Å²) in [5.74, 6) is -1.03. The van der Waals surface area contributed by atoms with Crippen molar-refractivity contribution in [3.63, 3.8) is 0 Å². The Morgan fingerprint density at radius 3 is 2.56 bits per heavy atom. The molecule has 3 N–H and O–H groups in total. The number of aliphatic hydroxyl groups is 1. The van der Waals surface area contributed by atoms with E-state index < -0.39 is 11.6 Å². The first kappa shape index (κ1) is 10.7. The number of hydrogen-bond donors (Lipinski definition) is 3. The fraction of sp³-hybridized carbons (Fsp3) is 0.250. The van der Waals surface area contributed by atoms with Crippen LogP contribution >= 0.6 is 0 Å². The number of H-pyrrole nitrogens is 1. The average molecular weight is 219 g/mol. The highest BCUT2D eigenvalue weighted by Gasteiger charge is 2.26. The molecule has 0 aliphatic heterocycles. The number of aromatic nitrogens is 1. The van der Waals surface area contributed by atoms with Crippen molar-refractivity contribution in [3.05, 3.63) is 35.5 Å². The van der Waals surface area contributed by atoms with Gasteiger partial charge in [0.1, 0.15) is 0 Å². The summed E-state index contributed by atoms with van der Waals surface area (Å²) in [6, 6.07) is 4.98. The molecule has 0 radical (unpaired) electrons. The molecule has 0 bridgehead atoms. The van der Waals surface area contributed by atoms with Gasteiger partial charge < -0.3 is 15.2 Å². The van der Waals surface area contributed by atoms with E-state index in [2.05, 4.69) is 4.98 Å². The van der Waals surface area contributed by atoms with Gasteiger partial charge in [-0.25, -0.2) is 4.79 Å². The van der Waals surface area contributed by atoms with Crippen molar-refractivity contribution in [2.75, 3.05) is 0 Å². The minimum Gasteiger partial charge on any atom is -0.478 e.